The summed E-state index contributed by atoms with van der Waals surface area (Å²) < 4.78 is 23.9. The molecule has 0 N–H and O–H groups in total. The molecule has 2 aromatic rings. The Morgan fingerprint density at radius 3 is 2.93 bits per heavy atom. The number of sulfone groups is 1. The van der Waals surface area contributed by atoms with E-state index in [0.717, 1.165) is 11.2 Å². The molecule has 74 valence electrons. The largest absolute Gasteiger partial charge is 0.307 e. The zero-order valence-corrected chi connectivity index (χ0v) is 8.53. The maximum atomic E-state index is 11.1. The highest BCUT2D eigenvalue weighted by Crippen LogP contribution is 2.07. The third kappa shape index (κ3) is 1.93. The van der Waals surface area contributed by atoms with Crippen LogP contribution in [0.1, 0.15) is 5.56 Å². The lowest BCUT2D eigenvalue weighted by Gasteiger charge is -2.00. The van der Waals surface area contributed by atoms with Gasteiger partial charge in [-0.3, -0.25) is 0 Å². The average molecular weight is 210 g/mol. The standard InChI is InChI=1S/C9H10N2O2S/c1-14(12,13)7-8-2-3-9-10-4-5-11(9)6-8/h2-6H,7H2,1H3. The summed E-state index contributed by atoms with van der Waals surface area (Å²) in [7, 11) is -2.96. The van der Waals surface area contributed by atoms with Gasteiger partial charge in [0.1, 0.15) is 5.65 Å². The topological polar surface area (TPSA) is 51.4 Å². The van der Waals surface area contributed by atoms with Crippen LogP contribution in [0, 0.1) is 0 Å². The molecule has 0 amide bonds. The highest BCUT2D eigenvalue weighted by Gasteiger charge is 2.04. The second-order valence-corrected chi connectivity index (χ2v) is 5.44. The van der Waals surface area contributed by atoms with E-state index in [9.17, 15) is 8.42 Å². The van der Waals surface area contributed by atoms with E-state index in [4.69, 9.17) is 0 Å². The zero-order valence-electron chi connectivity index (χ0n) is 7.71. The van der Waals surface area contributed by atoms with Crippen LogP contribution in [0.15, 0.2) is 30.7 Å². The van der Waals surface area contributed by atoms with Crippen LogP contribution in [0.2, 0.25) is 0 Å². The molecule has 0 atom stereocenters. The van der Waals surface area contributed by atoms with Crippen LogP contribution >= 0.6 is 0 Å². The van der Waals surface area contributed by atoms with E-state index >= 15 is 0 Å². The van der Waals surface area contributed by atoms with Crippen LogP contribution in [-0.4, -0.2) is 24.1 Å². The molecule has 0 aromatic carbocycles. The SMILES string of the molecule is CS(=O)(=O)Cc1ccc2nccn2c1. The van der Waals surface area contributed by atoms with Crippen LogP contribution in [0.4, 0.5) is 0 Å². The van der Waals surface area contributed by atoms with Gasteiger partial charge in [-0.15, -0.1) is 0 Å². The number of imidazole rings is 1. The maximum absolute atomic E-state index is 11.1. The molecule has 0 aliphatic heterocycles. The smallest absolute Gasteiger partial charge is 0.151 e. The Labute approximate surface area is 82.1 Å². The first-order valence-corrected chi connectivity index (χ1v) is 6.20. The number of rotatable bonds is 2. The Morgan fingerprint density at radius 2 is 2.21 bits per heavy atom. The first-order valence-electron chi connectivity index (χ1n) is 4.14. The summed E-state index contributed by atoms with van der Waals surface area (Å²) in [6.07, 6.45) is 6.48. The molecule has 2 rings (SSSR count). The van der Waals surface area contributed by atoms with E-state index in [-0.39, 0.29) is 5.75 Å². The van der Waals surface area contributed by atoms with Gasteiger partial charge in [0, 0.05) is 24.8 Å². The van der Waals surface area contributed by atoms with Gasteiger partial charge in [0.05, 0.1) is 5.75 Å². The molecule has 0 aliphatic rings. The molecule has 0 bridgehead atoms. The van der Waals surface area contributed by atoms with E-state index in [1.54, 1.807) is 35.1 Å². The first-order chi connectivity index (χ1) is 6.54. The van der Waals surface area contributed by atoms with Gasteiger partial charge in [0.25, 0.3) is 0 Å². The van der Waals surface area contributed by atoms with Crippen molar-refractivity contribution >= 4 is 15.5 Å². The molecule has 0 unspecified atom stereocenters. The predicted molar refractivity (Wildman–Crippen MR) is 53.7 cm³/mol. The van der Waals surface area contributed by atoms with Crippen molar-refractivity contribution in [2.24, 2.45) is 0 Å². The maximum Gasteiger partial charge on any atom is 0.151 e. The summed E-state index contributed by atoms with van der Waals surface area (Å²) in [5.74, 6) is 0.0706. The molecule has 0 aliphatic carbocycles. The molecular weight excluding hydrogens is 200 g/mol. The van der Waals surface area contributed by atoms with E-state index in [1.807, 2.05) is 0 Å². The predicted octanol–water partition coefficient (Wildman–Crippen LogP) is 0.879. The zero-order chi connectivity index (χ0) is 10.2. The van der Waals surface area contributed by atoms with Gasteiger partial charge >= 0.3 is 0 Å². The fraction of sp³-hybridized carbons (Fsp3) is 0.222. The Bertz CT molecular complexity index is 557. The molecular formula is C9H10N2O2S. The van der Waals surface area contributed by atoms with E-state index < -0.39 is 9.84 Å². The van der Waals surface area contributed by atoms with E-state index in [2.05, 4.69) is 4.98 Å². The summed E-state index contributed by atoms with van der Waals surface area (Å²) in [5.41, 5.74) is 1.60. The van der Waals surface area contributed by atoms with Gasteiger partial charge in [-0.2, -0.15) is 0 Å². The normalized spacial score (nSPS) is 12.1. The number of aromatic nitrogens is 2. The Hall–Kier alpha value is -1.36. The Morgan fingerprint density at radius 1 is 1.43 bits per heavy atom. The molecule has 0 saturated carbocycles. The second kappa shape index (κ2) is 3.09. The summed E-state index contributed by atoms with van der Waals surface area (Å²) in [5, 5.41) is 0. The molecule has 14 heavy (non-hydrogen) atoms. The number of nitrogens with zero attached hydrogens (tertiary/aromatic N) is 2. The molecule has 2 aromatic heterocycles. The Kier molecular flexibility index (Phi) is 2.03. The highest BCUT2D eigenvalue weighted by atomic mass is 32.2. The minimum atomic E-state index is -2.96. The number of hydrogen-bond donors (Lipinski definition) is 0. The first kappa shape index (κ1) is 9.21. The number of pyridine rings is 1. The molecule has 0 spiro atoms. The van der Waals surface area contributed by atoms with Gasteiger partial charge in [-0.05, 0) is 11.6 Å². The lowest BCUT2D eigenvalue weighted by atomic mass is 10.3. The van der Waals surface area contributed by atoms with Crippen LogP contribution in [0.3, 0.4) is 0 Å². The van der Waals surface area contributed by atoms with Crippen molar-refractivity contribution in [3.8, 4) is 0 Å². The van der Waals surface area contributed by atoms with Gasteiger partial charge < -0.3 is 4.40 Å². The van der Waals surface area contributed by atoms with Crippen molar-refractivity contribution in [1.82, 2.24) is 9.38 Å². The van der Waals surface area contributed by atoms with Crippen molar-refractivity contribution in [3.63, 3.8) is 0 Å². The molecule has 0 fully saturated rings. The summed E-state index contributed by atoms with van der Waals surface area (Å²) in [6.45, 7) is 0. The van der Waals surface area contributed by atoms with Crippen LogP contribution in [0.25, 0.3) is 5.65 Å². The fourth-order valence-electron chi connectivity index (χ4n) is 1.35. The molecule has 0 saturated heterocycles. The monoisotopic (exact) mass is 210 g/mol. The molecule has 4 nitrogen and oxygen atoms in total. The molecule has 2 heterocycles. The summed E-state index contributed by atoms with van der Waals surface area (Å²) in [4.78, 5) is 4.07. The minimum Gasteiger partial charge on any atom is -0.307 e. The quantitative estimate of drug-likeness (QED) is 0.739. The van der Waals surface area contributed by atoms with Crippen LogP contribution < -0.4 is 0 Å². The van der Waals surface area contributed by atoms with Gasteiger partial charge in [-0.25, -0.2) is 13.4 Å². The minimum absolute atomic E-state index is 0.0706. The highest BCUT2D eigenvalue weighted by molar-refractivity contribution is 7.89. The van der Waals surface area contributed by atoms with Crippen molar-refractivity contribution in [3.05, 3.63) is 36.3 Å². The van der Waals surface area contributed by atoms with Crippen molar-refractivity contribution in [1.29, 1.82) is 0 Å². The molecule has 5 heteroatoms. The van der Waals surface area contributed by atoms with Crippen LogP contribution in [-0.2, 0) is 15.6 Å². The van der Waals surface area contributed by atoms with Crippen molar-refractivity contribution in [2.45, 2.75) is 5.75 Å². The third-order valence-electron chi connectivity index (χ3n) is 1.88. The van der Waals surface area contributed by atoms with Gasteiger partial charge in [-0.1, -0.05) is 6.07 Å². The lowest BCUT2D eigenvalue weighted by molar-refractivity contribution is 0.601. The van der Waals surface area contributed by atoms with E-state index in [1.165, 1.54) is 6.26 Å². The second-order valence-electron chi connectivity index (χ2n) is 3.30. The van der Waals surface area contributed by atoms with Crippen molar-refractivity contribution in [2.75, 3.05) is 6.26 Å². The van der Waals surface area contributed by atoms with Gasteiger partial charge in [0.15, 0.2) is 9.84 Å². The van der Waals surface area contributed by atoms with Crippen LogP contribution in [0.5, 0.6) is 0 Å². The average Bonchev–Trinajstić information content (AvgIpc) is 2.47. The number of hydrogen-bond acceptors (Lipinski definition) is 3. The van der Waals surface area contributed by atoms with Crippen molar-refractivity contribution < 1.29 is 8.42 Å². The third-order valence-corrected chi connectivity index (χ3v) is 2.74. The lowest BCUT2D eigenvalue weighted by Crippen LogP contribution is -2.01. The fourth-order valence-corrected chi connectivity index (χ4v) is 2.13. The summed E-state index contributed by atoms with van der Waals surface area (Å²) >= 11 is 0. The molecule has 0 radical (unpaired) electrons. The summed E-state index contributed by atoms with van der Waals surface area (Å²) in [6, 6.07) is 3.59. The Balaban J connectivity index is 2.44. The van der Waals surface area contributed by atoms with Gasteiger partial charge in [0.2, 0.25) is 0 Å². The number of fused-ring (bicyclic) bond motifs is 1. The van der Waals surface area contributed by atoms with E-state index in [0.29, 0.717) is 0 Å².